The molecule has 2 aliphatic carbocycles. The Labute approximate surface area is 549 Å². The van der Waals surface area contributed by atoms with Gasteiger partial charge in [-0.3, -0.25) is 0 Å². The number of para-hydroxylation sites is 6. The number of rotatable bonds is 4. The van der Waals surface area contributed by atoms with Crippen LogP contribution in [0.25, 0.3) is 0 Å². The third-order valence-corrected chi connectivity index (χ3v) is 24.3. The highest BCUT2D eigenvalue weighted by atomic mass is 32.2. The molecular formula is C82H68B2N4O2S2. The second-order valence-corrected chi connectivity index (χ2v) is 31.5. The highest BCUT2D eigenvalue weighted by Crippen LogP contribution is 2.58. The first-order valence-corrected chi connectivity index (χ1v) is 34.5. The number of fused-ring (bicyclic) bond motifs is 14. The van der Waals surface area contributed by atoms with Gasteiger partial charge in [0.05, 0.1) is 34.1 Å². The molecule has 0 unspecified atom stereocenters. The topological polar surface area (TPSA) is 31.4 Å². The molecule has 0 fully saturated rings. The van der Waals surface area contributed by atoms with Crippen molar-refractivity contribution in [1.82, 2.24) is 0 Å². The van der Waals surface area contributed by atoms with E-state index in [0.717, 1.165) is 122 Å². The number of ether oxygens (including phenoxy) is 2. The Morgan fingerprint density at radius 1 is 0.283 bits per heavy atom. The minimum absolute atomic E-state index is 0.00720. The van der Waals surface area contributed by atoms with E-state index in [0.29, 0.717) is 0 Å². The fraction of sp³-hybridized carbons (Fsp3) is 0.195. The molecule has 6 aliphatic heterocycles. The van der Waals surface area contributed by atoms with Crippen molar-refractivity contribution in [2.75, 3.05) is 19.6 Å². The van der Waals surface area contributed by atoms with Gasteiger partial charge in [-0.1, -0.05) is 182 Å². The SMILES string of the molecule is CC1(C)CCC(C)(C)c2cc(N3c4cc5c(cc4B4c6cc7c(cc6Oc6cc(N8c9ccccc9Sc9ccccc98)cc3c64)Oc3cc(N4c6ccccc6Sc6ccccc64)cc4c3B7c3ccccc3N4c3ccccc3)C(C)(C)CCC5(C)C)ccc21. The molecule has 0 amide bonds. The zero-order valence-corrected chi connectivity index (χ0v) is 54.8. The molecule has 6 nitrogen and oxygen atoms in total. The van der Waals surface area contributed by atoms with Crippen LogP contribution in [0.1, 0.15) is 103 Å². The Morgan fingerprint density at radius 2 is 0.685 bits per heavy atom. The third-order valence-electron chi connectivity index (χ3n) is 22.0. The summed E-state index contributed by atoms with van der Waals surface area (Å²) in [6, 6.07) is 82.5. The van der Waals surface area contributed by atoms with Crippen LogP contribution in [0.5, 0.6) is 23.0 Å². The Kier molecular flexibility index (Phi) is 11.5. The minimum Gasteiger partial charge on any atom is -0.458 e. The number of nitrogens with zero attached hydrogens (tertiary/aromatic N) is 4. The van der Waals surface area contributed by atoms with E-state index in [1.54, 1.807) is 0 Å². The van der Waals surface area contributed by atoms with Gasteiger partial charge in [-0.25, -0.2) is 0 Å². The number of benzene rings is 11. The molecule has 11 aromatic carbocycles. The zero-order valence-electron chi connectivity index (χ0n) is 53.2. The van der Waals surface area contributed by atoms with E-state index in [1.807, 2.05) is 23.5 Å². The molecule has 11 aromatic rings. The van der Waals surface area contributed by atoms with Crippen molar-refractivity contribution in [3.05, 3.63) is 241 Å². The van der Waals surface area contributed by atoms with E-state index in [9.17, 15) is 0 Å². The summed E-state index contributed by atoms with van der Waals surface area (Å²) in [4.78, 5) is 14.9. The van der Waals surface area contributed by atoms with Gasteiger partial charge in [-0.2, -0.15) is 0 Å². The summed E-state index contributed by atoms with van der Waals surface area (Å²) in [5.74, 6) is 3.33. The van der Waals surface area contributed by atoms with E-state index in [2.05, 4.69) is 293 Å². The van der Waals surface area contributed by atoms with Gasteiger partial charge < -0.3 is 29.1 Å². The van der Waals surface area contributed by atoms with Gasteiger partial charge >= 0.3 is 0 Å². The molecule has 0 aromatic heterocycles. The Morgan fingerprint density at radius 3 is 1.20 bits per heavy atom. The number of hydrogen-bond acceptors (Lipinski definition) is 8. The summed E-state index contributed by atoms with van der Waals surface area (Å²) in [5, 5.41) is 0. The van der Waals surface area contributed by atoms with E-state index < -0.39 is 0 Å². The van der Waals surface area contributed by atoms with Crippen molar-refractivity contribution < 1.29 is 9.47 Å². The second-order valence-electron chi connectivity index (χ2n) is 29.3. The van der Waals surface area contributed by atoms with Crippen LogP contribution in [0.4, 0.5) is 68.2 Å². The van der Waals surface area contributed by atoms with Gasteiger partial charge in [0.15, 0.2) is 0 Å². The van der Waals surface area contributed by atoms with Crippen LogP contribution >= 0.6 is 23.5 Å². The number of anilines is 12. The van der Waals surface area contributed by atoms with Crippen LogP contribution in [0.3, 0.4) is 0 Å². The molecule has 92 heavy (non-hydrogen) atoms. The lowest BCUT2D eigenvalue weighted by Crippen LogP contribution is -2.63. The molecule has 0 saturated heterocycles. The molecule has 0 spiro atoms. The van der Waals surface area contributed by atoms with Gasteiger partial charge in [0.1, 0.15) is 23.0 Å². The highest BCUT2D eigenvalue weighted by molar-refractivity contribution is 8.00. The van der Waals surface area contributed by atoms with Crippen molar-refractivity contribution in [3.63, 3.8) is 0 Å². The van der Waals surface area contributed by atoms with E-state index in [1.165, 1.54) is 69.6 Å². The summed E-state index contributed by atoms with van der Waals surface area (Å²) < 4.78 is 15.5. The molecule has 0 atom stereocenters. The highest BCUT2D eigenvalue weighted by Gasteiger charge is 2.50. The molecule has 446 valence electrons. The first kappa shape index (κ1) is 54.8. The van der Waals surface area contributed by atoms with E-state index >= 15 is 0 Å². The van der Waals surface area contributed by atoms with E-state index in [4.69, 9.17) is 9.47 Å². The maximum absolute atomic E-state index is 7.81. The standard InChI is InChI=1S/C82H68B2N4O2S2/c1-79(2)36-37-80(3,4)54-40-50(34-35-53(54)79)86-66-46-56-55(81(5,6)38-39-82(56,7)8)45-58(66)84-60-47-59-69(48-70(60)90-72-44-52(42-68(86)78(72)84)88-64-28-16-20-32-75(64)92-76-33-21-17-29-65(76)88)89-71-43-51(87-62-26-14-18-30-73(62)91-74-31-19-15-27-63(74)87)41-67-77(71)83(59)57-24-12-13-25-61(57)85(67)49-22-10-9-11-23-49/h9-35,40-48H,36-39H2,1-8H3. The van der Waals surface area contributed by atoms with Gasteiger partial charge in [0, 0.05) is 71.9 Å². The minimum atomic E-state index is -0.190. The maximum atomic E-state index is 7.81. The molecular weight excluding hydrogens is 1160 g/mol. The molecule has 0 bridgehead atoms. The Balaban J connectivity index is 0.880. The second kappa shape index (κ2) is 19.3. The third kappa shape index (κ3) is 7.86. The van der Waals surface area contributed by atoms with Crippen LogP contribution in [-0.2, 0) is 21.7 Å². The van der Waals surface area contributed by atoms with Crippen molar-refractivity contribution >= 4 is 138 Å². The lowest BCUT2D eigenvalue weighted by atomic mass is 9.31. The lowest BCUT2D eigenvalue weighted by molar-refractivity contribution is 0.332. The normalized spacial score (nSPS) is 17.7. The van der Waals surface area contributed by atoms with Crippen LogP contribution in [0.2, 0.25) is 0 Å². The summed E-state index contributed by atoms with van der Waals surface area (Å²) in [6.45, 7) is 19.4. The van der Waals surface area contributed by atoms with Crippen LogP contribution in [0.15, 0.2) is 238 Å². The van der Waals surface area contributed by atoms with Crippen molar-refractivity contribution in [2.45, 2.75) is 122 Å². The Hall–Kier alpha value is -8.95. The van der Waals surface area contributed by atoms with Gasteiger partial charge in [-0.15, -0.1) is 0 Å². The largest absolute Gasteiger partial charge is 0.458 e. The fourth-order valence-electron chi connectivity index (χ4n) is 17.0. The van der Waals surface area contributed by atoms with Gasteiger partial charge in [0.25, 0.3) is 13.4 Å². The molecule has 0 radical (unpaired) electrons. The zero-order chi connectivity index (χ0) is 61.9. The average Bonchev–Trinajstić information content (AvgIpc) is 0.693. The van der Waals surface area contributed by atoms with E-state index in [-0.39, 0.29) is 35.1 Å². The fourth-order valence-corrected chi connectivity index (χ4v) is 19.2. The molecule has 8 aliphatic rings. The molecule has 0 N–H and O–H groups in total. The quantitative estimate of drug-likeness (QED) is 0.161. The maximum Gasteiger partial charge on any atom is 0.256 e. The van der Waals surface area contributed by atoms with Crippen LogP contribution in [-0.4, -0.2) is 13.4 Å². The summed E-state index contributed by atoms with van der Waals surface area (Å²) >= 11 is 3.67. The monoisotopic (exact) mass is 1230 g/mol. The van der Waals surface area contributed by atoms with Crippen molar-refractivity contribution in [1.29, 1.82) is 0 Å². The molecule has 6 heterocycles. The van der Waals surface area contributed by atoms with Gasteiger partial charge in [-0.05, 0) is 199 Å². The Bertz CT molecular complexity index is 4950. The average molecular weight is 1230 g/mol. The first-order chi connectivity index (χ1) is 44.6. The molecule has 0 saturated carbocycles. The first-order valence-electron chi connectivity index (χ1n) is 32.9. The van der Waals surface area contributed by atoms with Crippen LogP contribution < -0.4 is 61.9 Å². The number of hydrogen-bond donors (Lipinski definition) is 0. The summed E-state index contributed by atoms with van der Waals surface area (Å²) in [5.41, 5.74) is 26.6. The predicted molar refractivity (Wildman–Crippen MR) is 386 cm³/mol. The molecule has 10 heteroatoms. The predicted octanol–water partition coefficient (Wildman–Crippen LogP) is 19.1. The lowest BCUT2D eigenvalue weighted by Gasteiger charge is -2.47. The smallest absolute Gasteiger partial charge is 0.256 e. The summed E-state index contributed by atoms with van der Waals surface area (Å²) in [7, 11) is 0. The molecule has 19 rings (SSSR count). The van der Waals surface area contributed by atoms with Gasteiger partial charge in [0.2, 0.25) is 0 Å². The summed E-state index contributed by atoms with van der Waals surface area (Å²) in [6.07, 6.45) is 4.52. The van der Waals surface area contributed by atoms with Crippen molar-refractivity contribution in [3.8, 4) is 23.0 Å². The van der Waals surface area contributed by atoms with Crippen LogP contribution in [0, 0.1) is 0 Å². The van der Waals surface area contributed by atoms with Crippen molar-refractivity contribution in [2.24, 2.45) is 0 Å².